The predicted octanol–water partition coefficient (Wildman–Crippen LogP) is 2.19. The van der Waals surface area contributed by atoms with Crippen LogP contribution < -0.4 is 10.1 Å². The van der Waals surface area contributed by atoms with E-state index in [9.17, 15) is 21.6 Å². The normalized spacial score (nSPS) is 20.0. The van der Waals surface area contributed by atoms with Gasteiger partial charge in [-0.1, -0.05) is 13.3 Å². The fourth-order valence-electron chi connectivity index (χ4n) is 2.61. The molecular weight excluding hydrogens is 333 g/mol. The summed E-state index contributed by atoms with van der Waals surface area (Å²) in [4.78, 5) is -0.264. The Bertz CT molecular complexity index is 638. The van der Waals surface area contributed by atoms with Crippen molar-refractivity contribution in [3.63, 3.8) is 0 Å². The van der Waals surface area contributed by atoms with E-state index in [2.05, 4.69) is 10.1 Å². The van der Waals surface area contributed by atoms with Gasteiger partial charge in [0.05, 0.1) is 4.90 Å². The Morgan fingerprint density at radius 3 is 2.78 bits per heavy atom. The number of hydrogen-bond donors (Lipinski definition) is 1. The zero-order chi connectivity index (χ0) is 17.0. The molecule has 5 nitrogen and oxygen atoms in total. The number of piperazine rings is 1. The van der Waals surface area contributed by atoms with Crippen molar-refractivity contribution in [2.45, 2.75) is 37.3 Å². The maximum absolute atomic E-state index is 13.8. The minimum atomic E-state index is -3.89. The second kappa shape index (κ2) is 7.50. The number of nitrogens with one attached hydrogen (secondary N) is 1. The van der Waals surface area contributed by atoms with E-state index in [1.54, 1.807) is 0 Å². The highest BCUT2D eigenvalue weighted by Gasteiger charge is 2.33. The van der Waals surface area contributed by atoms with Crippen LogP contribution in [0.25, 0.3) is 0 Å². The van der Waals surface area contributed by atoms with Gasteiger partial charge >= 0.3 is 6.61 Å². The van der Waals surface area contributed by atoms with E-state index >= 15 is 0 Å². The molecule has 0 spiro atoms. The number of rotatable bonds is 6. The summed E-state index contributed by atoms with van der Waals surface area (Å²) >= 11 is 0. The lowest BCUT2D eigenvalue weighted by atomic mass is 10.1. The lowest BCUT2D eigenvalue weighted by Gasteiger charge is -2.35. The van der Waals surface area contributed by atoms with Crippen LogP contribution in [0.5, 0.6) is 5.75 Å². The molecule has 1 aliphatic rings. The second-order valence-electron chi connectivity index (χ2n) is 5.23. The number of benzene rings is 1. The molecule has 2 rings (SSSR count). The van der Waals surface area contributed by atoms with Gasteiger partial charge in [0.2, 0.25) is 10.0 Å². The largest absolute Gasteiger partial charge is 0.432 e. The summed E-state index contributed by atoms with van der Waals surface area (Å²) in [5.41, 5.74) is 0. The molecule has 1 unspecified atom stereocenters. The molecule has 0 bridgehead atoms. The monoisotopic (exact) mass is 352 g/mol. The molecule has 1 fully saturated rings. The lowest BCUT2D eigenvalue weighted by molar-refractivity contribution is -0.0522. The van der Waals surface area contributed by atoms with Gasteiger partial charge in [0.25, 0.3) is 0 Å². The Kier molecular flexibility index (Phi) is 5.88. The second-order valence-corrected chi connectivity index (χ2v) is 7.12. The quantitative estimate of drug-likeness (QED) is 0.853. The molecule has 1 aromatic rings. The predicted molar refractivity (Wildman–Crippen MR) is 78.5 cm³/mol. The Hall–Kier alpha value is -1.32. The van der Waals surface area contributed by atoms with Crippen LogP contribution in [0.2, 0.25) is 0 Å². The molecule has 1 N–H and O–H groups in total. The van der Waals surface area contributed by atoms with Crippen molar-refractivity contribution < 1.29 is 26.3 Å². The van der Waals surface area contributed by atoms with Gasteiger partial charge in [-0.3, -0.25) is 0 Å². The third-order valence-electron chi connectivity index (χ3n) is 3.64. The molecule has 23 heavy (non-hydrogen) atoms. The minimum Gasteiger partial charge on any atom is -0.432 e. The maximum Gasteiger partial charge on any atom is 0.387 e. The van der Waals surface area contributed by atoms with Crippen LogP contribution >= 0.6 is 0 Å². The van der Waals surface area contributed by atoms with Crippen LogP contribution in [0, 0.1) is 5.82 Å². The summed E-state index contributed by atoms with van der Waals surface area (Å²) in [7, 11) is -3.89. The SMILES string of the molecule is CCCC1CNCCN1S(=O)(=O)c1ccc(OC(F)F)c(F)c1. The summed E-state index contributed by atoms with van der Waals surface area (Å²) < 4.78 is 68.8. The highest BCUT2D eigenvalue weighted by Crippen LogP contribution is 2.26. The molecule has 1 atom stereocenters. The Balaban J connectivity index is 2.29. The molecule has 0 saturated carbocycles. The molecule has 0 amide bonds. The van der Waals surface area contributed by atoms with Gasteiger partial charge < -0.3 is 10.1 Å². The molecule has 0 aliphatic carbocycles. The molecule has 0 radical (unpaired) electrons. The Morgan fingerprint density at radius 2 is 2.17 bits per heavy atom. The van der Waals surface area contributed by atoms with E-state index in [0.717, 1.165) is 24.6 Å². The maximum atomic E-state index is 13.8. The van der Waals surface area contributed by atoms with Crippen molar-refractivity contribution in [3.8, 4) is 5.75 Å². The van der Waals surface area contributed by atoms with E-state index in [1.165, 1.54) is 4.31 Å². The third-order valence-corrected chi connectivity index (χ3v) is 5.59. The number of ether oxygens (including phenoxy) is 1. The number of halogens is 3. The van der Waals surface area contributed by atoms with Gasteiger partial charge in [-0.2, -0.15) is 13.1 Å². The average molecular weight is 352 g/mol. The van der Waals surface area contributed by atoms with Gasteiger partial charge in [-0.25, -0.2) is 12.8 Å². The first-order chi connectivity index (χ1) is 10.9. The standard InChI is InChI=1S/C14H19F3N2O3S/c1-2-3-10-9-18-6-7-19(10)23(20,21)11-4-5-13(12(15)8-11)22-14(16)17/h4-5,8,10,14,18H,2-3,6-7,9H2,1H3. The van der Waals surface area contributed by atoms with Gasteiger partial charge in [0.15, 0.2) is 11.6 Å². The smallest absolute Gasteiger partial charge is 0.387 e. The van der Waals surface area contributed by atoms with E-state index in [1.807, 2.05) is 6.92 Å². The molecule has 130 valence electrons. The van der Waals surface area contributed by atoms with Crippen LogP contribution in [0.1, 0.15) is 19.8 Å². The van der Waals surface area contributed by atoms with Crippen LogP contribution in [0.4, 0.5) is 13.2 Å². The Morgan fingerprint density at radius 1 is 1.43 bits per heavy atom. The molecule has 1 heterocycles. The van der Waals surface area contributed by atoms with E-state index < -0.39 is 28.2 Å². The summed E-state index contributed by atoms with van der Waals surface area (Å²) in [6.45, 7) is 0.102. The molecular formula is C14H19F3N2O3S. The van der Waals surface area contributed by atoms with Gasteiger partial charge in [0.1, 0.15) is 0 Å². The van der Waals surface area contributed by atoms with Crippen molar-refractivity contribution in [1.29, 1.82) is 0 Å². The minimum absolute atomic E-state index is 0.209. The summed E-state index contributed by atoms with van der Waals surface area (Å²) in [5, 5.41) is 3.13. The first-order valence-corrected chi connectivity index (χ1v) is 8.77. The van der Waals surface area contributed by atoms with E-state index in [0.29, 0.717) is 19.5 Å². The van der Waals surface area contributed by atoms with Gasteiger partial charge in [0, 0.05) is 25.7 Å². The zero-order valence-electron chi connectivity index (χ0n) is 12.6. The van der Waals surface area contributed by atoms with Gasteiger partial charge in [-0.15, -0.1) is 0 Å². The van der Waals surface area contributed by atoms with Crippen molar-refractivity contribution in [2.24, 2.45) is 0 Å². The fraction of sp³-hybridized carbons (Fsp3) is 0.571. The third kappa shape index (κ3) is 4.15. The van der Waals surface area contributed by atoms with E-state index in [4.69, 9.17) is 0 Å². The van der Waals surface area contributed by atoms with Crippen molar-refractivity contribution in [2.75, 3.05) is 19.6 Å². The molecule has 1 saturated heterocycles. The van der Waals surface area contributed by atoms with Crippen molar-refractivity contribution in [1.82, 2.24) is 9.62 Å². The first-order valence-electron chi connectivity index (χ1n) is 7.33. The lowest BCUT2D eigenvalue weighted by Crippen LogP contribution is -2.53. The molecule has 9 heteroatoms. The van der Waals surface area contributed by atoms with Crippen molar-refractivity contribution >= 4 is 10.0 Å². The molecule has 1 aromatic carbocycles. The summed E-state index contributed by atoms with van der Waals surface area (Å²) in [5.74, 6) is -1.81. The first kappa shape index (κ1) is 18.0. The Labute approximate surface area is 133 Å². The fourth-order valence-corrected chi connectivity index (χ4v) is 4.27. The van der Waals surface area contributed by atoms with Crippen LogP contribution in [0.15, 0.2) is 23.1 Å². The topological polar surface area (TPSA) is 58.6 Å². The zero-order valence-corrected chi connectivity index (χ0v) is 13.5. The summed E-state index contributed by atoms with van der Waals surface area (Å²) in [6, 6.07) is 2.50. The van der Waals surface area contributed by atoms with Crippen molar-refractivity contribution in [3.05, 3.63) is 24.0 Å². The van der Waals surface area contributed by atoms with Crippen LogP contribution in [-0.2, 0) is 10.0 Å². The number of nitrogens with zero attached hydrogens (tertiary/aromatic N) is 1. The highest BCUT2D eigenvalue weighted by atomic mass is 32.2. The van der Waals surface area contributed by atoms with Gasteiger partial charge in [-0.05, 0) is 24.6 Å². The van der Waals surface area contributed by atoms with E-state index in [-0.39, 0.29) is 17.5 Å². The molecule has 0 aromatic heterocycles. The number of alkyl halides is 2. The number of hydrogen-bond acceptors (Lipinski definition) is 4. The average Bonchev–Trinajstić information content (AvgIpc) is 2.49. The molecule has 1 aliphatic heterocycles. The highest BCUT2D eigenvalue weighted by molar-refractivity contribution is 7.89. The van der Waals surface area contributed by atoms with Crippen LogP contribution in [0.3, 0.4) is 0 Å². The van der Waals surface area contributed by atoms with Crippen LogP contribution in [-0.4, -0.2) is 45.0 Å². The number of sulfonamides is 1. The summed E-state index contributed by atoms with van der Waals surface area (Å²) in [6.07, 6.45) is 1.50.